The van der Waals surface area contributed by atoms with Gasteiger partial charge in [0.15, 0.2) is 0 Å². The SMILES string of the molecule is CC1CCC(C(C)C)CC1.CN(CC(O)c1cccc(O)c1)C(=O)O. The summed E-state index contributed by atoms with van der Waals surface area (Å²) in [6.45, 7) is 7.08. The van der Waals surface area contributed by atoms with Crippen LogP contribution in [0.15, 0.2) is 24.3 Å². The minimum atomic E-state index is -1.10. The summed E-state index contributed by atoms with van der Waals surface area (Å²) in [5.74, 6) is 3.02. The van der Waals surface area contributed by atoms with Gasteiger partial charge in [0.05, 0.1) is 12.6 Å². The lowest BCUT2D eigenvalue weighted by atomic mass is 9.78. The van der Waals surface area contributed by atoms with Gasteiger partial charge in [0.2, 0.25) is 0 Å². The van der Waals surface area contributed by atoms with Crippen molar-refractivity contribution in [2.45, 2.75) is 52.6 Å². The first-order valence-corrected chi connectivity index (χ1v) is 9.11. The van der Waals surface area contributed by atoms with Crippen LogP contribution in [0.2, 0.25) is 0 Å². The van der Waals surface area contributed by atoms with E-state index in [9.17, 15) is 9.90 Å². The first-order chi connectivity index (χ1) is 11.7. The second kappa shape index (κ2) is 10.3. The lowest BCUT2D eigenvalue weighted by molar-refractivity contribution is 0.108. The Balaban J connectivity index is 0.000000271. The molecule has 142 valence electrons. The molecular formula is C20H33NO4. The van der Waals surface area contributed by atoms with Gasteiger partial charge in [-0.15, -0.1) is 0 Å². The topological polar surface area (TPSA) is 81.0 Å². The van der Waals surface area contributed by atoms with Crippen LogP contribution in [0.3, 0.4) is 0 Å². The molecule has 1 amide bonds. The molecule has 0 saturated heterocycles. The van der Waals surface area contributed by atoms with E-state index in [-0.39, 0.29) is 12.3 Å². The molecule has 1 aliphatic rings. The van der Waals surface area contributed by atoms with E-state index in [1.807, 2.05) is 0 Å². The third-order valence-corrected chi connectivity index (χ3v) is 5.03. The van der Waals surface area contributed by atoms with Gasteiger partial charge in [0.25, 0.3) is 0 Å². The highest BCUT2D eigenvalue weighted by Crippen LogP contribution is 2.32. The Labute approximate surface area is 151 Å². The molecule has 5 heteroatoms. The average Bonchev–Trinajstić information content (AvgIpc) is 2.55. The number of aromatic hydroxyl groups is 1. The third kappa shape index (κ3) is 7.78. The van der Waals surface area contributed by atoms with E-state index >= 15 is 0 Å². The van der Waals surface area contributed by atoms with E-state index in [1.54, 1.807) is 12.1 Å². The fraction of sp³-hybridized carbons (Fsp3) is 0.650. The summed E-state index contributed by atoms with van der Waals surface area (Å²) in [6, 6.07) is 6.10. The average molecular weight is 351 g/mol. The predicted octanol–water partition coefficient (Wildman–Crippen LogP) is 4.50. The number of rotatable bonds is 4. The zero-order valence-corrected chi connectivity index (χ0v) is 15.9. The van der Waals surface area contributed by atoms with Crippen molar-refractivity contribution in [1.82, 2.24) is 4.90 Å². The third-order valence-electron chi connectivity index (χ3n) is 5.03. The molecular weight excluding hydrogens is 318 g/mol. The Morgan fingerprint density at radius 3 is 2.32 bits per heavy atom. The highest BCUT2D eigenvalue weighted by Gasteiger charge is 2.20. The fourth-order valence-corrected chi connectivity index (χ4v) is 3.13. The lowest BCUT2D eigenvalue weighted by Gasteiger charge is -2.28. The maximum Gasteiger partial charge on any atom is 0.407 e. The molecule has 1 fully saturated rings. The minimum Gasteiger partial charge on any atom is -0.508 e. The lowest BCUT2D eigenvalue weighted by Crippen LogP contribution is -2.29. The molecule has 1 unspecified atom stereocenters. The largest absolute Gasteiger partial charge is 0.508 e. The van der Waals surface area contributed by atoms with Crippen molar-refractivity contribution < 1.29 is 20.1 Å². The van der Waals surface area contributed by atoms with Gasteiger partial charge < -0.3 is 20.2 Å². The monoisotopic (exact) mass is 351 g/mol. The second-order valence-corrected chi connectivity index (χ2v) is 7.54. The van der Waals surface area contributed by atoms with Crippen molar-refractivity contribution >= 4 is 6.09 Å². The Hall–Kier alpha value is -1.75. The summed E-state index contributed by atoms with van der Waals surface area (Å²) >= 11 is 0. The first-order valence-electron chi connectivity index (χ1n) is 9.11. The molecule has 0 radical (unpaired) electrons. The summed E-state index contributed by atoms with van der Waals surface area (Å²) in [7, 11) is 1.37. The Bertz CT molecular complexity index is 524. The van der Waals surface area contributed by atoms with Crippen LogP contribution in [0, 0.1) is 17.8 Å². The molecule has 3 N–H and O–H groups in total. The molecule has 25 heavy (non-hydrogen) atoms. The maximum absolute atomic E-state index is 10.5. The van der Waals surface area contributed by atoms with Crippen LogP contribution in [0.1, 0.15) is 58.1 Å². The first kappa shape index (κ1) is 21.3. The number of phenols is 1. The normalized spacial score (nSPS) is 21.2. The number of aliphatic hydroxyl groups excluding tert-OH is 1. The molecule has 0 bridgehead atoms. The molecule has 1 atom stereocenters. The van der Waals surface area contributed by atoms with Crippen LogP contribution in [0.5, 0.6) is 5.75 Å². The number of hydrogen-bond acceptors (Lipinski definition) is 3. The fourth-order valence-electron chi connectivity index (χ4n) is 3.13. The molecule has 1 aromatic carbocycles. The van der Waals surface area contributed by atoms with Gasteiger partial charge in [-0.3, -0.25) is 0 Å². The number of hydrogen-bond donors (Lipinski definition) is 3. The van der Waals surface area contributed by atoms with Gasteiger partial charge in [0.1, 0.15) is 5.75 Å². The van der Waals surface area contributed by atoms with Crippen LogP contribution in [-0.4, -0.2) is 39.9 Å². The minimum absolute atomic E-state index is 0.0290. The molecule has 2 rings (SSSR count). The highest BCUT2D eigenvalue weighted by atomic mass is 16.4. The zero-order valence-electron chi connectivity index (χ0n) is 15.9. The van der Waals surface area contributed by atoms with E-state index in [0.29, 0.717) is 5.56 Å². The number of nitrogens with zero attached hydrogens (tertiary/aromatic N) is 1. The Kier molecular flexibility index (Phi) is 8.76. The van der Waals surface area contributed by atoms with E-state index in [1.165, 1.54) is 44.9 Å². The van der Waals surface area contributed by atoms with E-state index in [2.05, 4.69) is 20.8 Å². The molecule has 1 aromatic rings. The highest BCUT2D eigenvalue weighted by molar-refractivity contribution is 5.64. The maximum atomic E-state index is 10.5. The van der Waals surface area contributed by atoms with Gasteiger partial charge >= 0.3 is 6.09 Å². The number of phenolic OH excluding ortho intramolecular Hbond substituents is 1. The molecule has 1 saturated carbocycles. The number of likely N-dealkylation sites (N-methyl/N-ethyl adjacent to an activating group) is 1. The van der Waals surface area contributed by atoms with Crippen molar-refractivity contribution in [2.24, 2.45) is 17.8 Å². The van der Waals surface area contributed by atoms with Crippen LogP contribution >= 0.6 is 0 Å². The van der Waals surface area contributed by atoms with Gasteiger partial charge in [-0.2, -0.15) is 0 Å². The summed E-state index contributed by atoms with van der Waals surface area (Å²) in [5.41, 5.74) is 0.489. The smallest absolute Gasteiger partial charge is 0.407 e. The Morgan fingerprint density at radius 2 is 1.84 bits per heavy atom. The standard InChI is InChI=1S/C10H13NO4.C10H20/c1-11(10(14)15)6-9(13)7-3-2-4-8(12)5-7;1-8(2)10-6-4-9(3)5-7-10/h2-5,9,12-13H,6H2,1H3,(H,14,15);8-10H,4-7H2,1-3H3. The van der Waals surface area contributed by atoms with Crippen LogP contribution in [0.25, 0.3) is 0 Å². The van der Waals surface area contributed by atoms with Crippen molar-refractivity contribution in [1.29, 1.82) is 0 Å². The summed E-state index contributed by atoms with van der Waals surface area (Å²) < 4.78 is 0. The summed E-state index contributed by atoms with van der Waals surface area (Å²) in [5, 5.41) is 27.4. The molecule has 0 aromatic heterocycles. The van der Waals surface area contributed by atoms with Crippen molar-refractivity contribution in [2.75, 3.05) is 13.6 Å². The zero-order chi connectivity index (χ0) is 19.0. The van der Waals surface area contributed by atoms with Crippen molar-refractivity contribution in [3.8, 4) is 5.75 Å². The predicted molar refractivity (Wildman–Crippen MR) is 99.7 cm³/mol. The van der Waals surface area contributed by atoms with Gasteiger partial charge in [-0.1, -0.05) is 45.7 Å². The van der Waals surface area contributed by atoms with E-state index in [0.717, 1.165) is 22.7 Å². The molecule has 0 aliphatic heterocycles. The quantitative estimate of drug-likeness (QED) is 0.746. The number of carbonyl (C=O) groups is 1. The molecule has 1 aliphatic carbocycles. The van der Waals surface area contributed by atoms with Crippen LogP contribution < -0.4 is 0 Å². The van der Waals surface area contributed by atoms with E-state index < -0.39 is 12.2 Å². The van der Waals surface area contributed by atoms with Crippen LogP contribution in [0.4, 0.5) is 4.79 Å². The number of carboxylic acid groups (broad SMARTS) is 1. The van der Waals surface area contributed by atoms with Gasteiger partial charge in [0, 0.05) is 7.05 Å². The second-order valence-electron chi connectivity index (χ2n) is 7.54. The number of aliphatic hydroxyl groups is 1. The molecule has 5 nitrogen and oxygen atoms in total. The van der Waals surface area contributed by atoms with Crippen LogP contribution in [-0.2, 0) is 0 Å². The molecule has 0 heterocycles. The van der Waals surface area contributed by atoms with Gasteiger partial charge in [-0.25, -0.2) is 4.79 Å². The van der Waals surface area contributed by atoms with Gasteiger partial charge in [-0.05, 0) is 48.3 Å². The summed E-state index contributed by atoms with van der Waals surface area (Å²) in [6.07, 6.45) is 3.89. The summed E-state index contributed by atoms with van der Waals surface area (Å²) in [4.78, 5) is 11.5. The van der Waals surface area contributed by atoms with Crippen molar-refractivity contribution in [3.05, 3.63) is 29.8 Å². The van der Waals surface area contributed by atoms with E-state index in [4.69, 9.17) is 10.2 Å². The number of benzene rings is 1. The molecule has 0 spiro atoms. The number of amides is 1. The Morgan fingerprint density at radius 1 is 1.24 bits per heavy atom. The van der Waals surface area contributed by atoms with Crippen molar-refractivity contribution in [3.63, 3.8) is 0 Å².